The van der Waals surface area contributed by atoms with E-state index in [1.165, 1.54) is 23.6 Å². The molecule has 3 nitrogen and oxygen atoms in total. The van der Waals surface area contributed by atoms with E-state index in [-0.39, 0.29) is 11.0 Å². The van der Waals surface area contributed by atoms with Crippen molar-refractivity contribution in [1.29, 1.82) is 0 Å². The Labute approximate surface area is 109 Å². The zero-order valence-corrected chi connectivity index (χ0v) is 11.3. The molecule has 1 unspecified atom stereocenters. The standard InChI is InChI=1S/C13H15FN2OS/c1-13(2,3)12-16-10(7-18-12)11(17)8-4-5-15-6-9(8)14/h4-7,11,17H,1-3H3. The Morgan fingerprint density at radius 1 is 1.39 bits per heavy atom. The van der Waals surface area contributed by atoms with Crippen LogP contribution in [0, 0.1) is 5.82 Å². The van der Waals surface area contributed by atoms with E-state index in [0.29, 0.717) is 5.69 Å². The van der Waals surface area contributed by atoms with Gasteiger partial charge in [0.05, 0.1) is 16.9 Å². The van der Waals surface area contributed by atoms with Crippen molar-refractivity contribution in [2.24, 2.45) is 0 Å². The molecule has 1 N–H and O–H groups in total. The van der Waals surface area contributed by atoms with Crippen molar-refractivity contribution in [1.82, 2.24) is 9.97 Å². The van der Waals surface area contributed by atoms with Gasteiger partial charge < -0.3 is 5.11 Å². The van der Waals surface area contributed by atoms with Crippen LogP contribution in [0.25, 0.3) is 0 Å². The van der Waals surface area contributed by atoms with Crippen molar-refractivity contribution in [3.05, 3.63) is 45.9 Å². The van der Waals surface area contributed by atoms with Crippen molar-refractivity contribution < 1.29 is 9.50 Å². The minimum absolute atomic E-state index is 0.0700. The first-order valence-corrected chi connectivity index (χ1v) is 6.51. The van der Waals surface area contributed by atoms with E-state index < -0.39 is 11.9 Å². The molecule has 0 aliphatic rings. The Morgan fingerprint density at radius 2 is 2.11 bits per heavy atom. The van der Waals surface area contributed by atoms with Crippen molar-refractivity contribution in [2.45, 2.75) is 32.3 Å². The number of aliphatic hydroxyl groups excluding tert-OH is 1. The molecule has 2 rings (SSSR count). The monoisotopic (exact) mass is 266 g/mol. The topological polar surface area (TPSA) is 46.0 Å². The van der Waals surface area contributed by atoms with Gasteiger partial charge in [0.25, 0.3) is 0 Å². The maximum atomic E-state index is 13.5. The molecule has 2 aromatic heterocycles. The van der Waals surface area contributed by atoms with E-state index in [4.69, 9.17) is 0 Å². The first-order chi connectivity index (χ1) is 8.39. The lowest BCUT2D eigenvalue weighted by molar-refractivity contribution is 0.210. The van der Waals surface area contributed by atoms with Gasteiger partial charge in [-0.3, -0.25) is 4.98 Å². The number of pyridine rings is 1. The van der Waals surface area contributed by atoms with Gasteiger partial charge in [-0.05, 0) is 6.07 Å². The van der Waals surface area contributed by atoms with Crippen LogP contribution in [-0.4, -0.2) is 15.1 Å². The number of halogens is 1. The molecule has 0 radical (unpaired) electrons. The Hall–Kier alpha value is -1.33. The molecule has 2 heterocycles. The van der Waals surface area contributed by atoms with Gasteiger partial charge in [0.2, 0.25) is 0 Å². The van der Waals surface area contributed by atoms with Gasteiger partial charge in [0.1, 0.15) is 11.9 Å². The summed E-state index contributed by atoms with van der Waals surface area (Å²) < 4.78 is 13.5. The smallest absolute Gasteiger partial charge is 0.147 e. The van der Waals surface area contributed by atoms with E-state index >= 15 is 0 Å². The molecule has 0 saturated carbocycles. The lowest BCUT2D eigenvalue weighted by Gasteiger charge is -2.14. The molecule has 1 atom stereocenters. The molecule has 0 fully saturated rings. The zero-order valence-electron chi connectivity index (χ0n) is 10.5. The highest BCUT2D eigenvalue weighted by Crippen LogP contribution is 2.30. The molecule has 0 spiro atoms. The average molecular weight is 266 g/mol. The van der Waals surface area contributed by atoms with E-state index in [2.05, 4.69) is 30.7 Å². The van der Waals surface area contributed by atoms with Crippen LogP contribution in [0.5, 0.6) is 0 Å². The molecular formula is C13H15FN2OS. The van der Waals surface area contributed by atoms with E-state index in [1.54, 1.807) is 5.38 Å². The Morgan fingerprint density at radius 3 is 2.67 bits per heavy atom. The summed E-state index contributed by atoms with van der Waals surface area (Å²) in [5.41, 5.74) is 0.616. The average Bonchev–Trinajstić information content (AvgIpc) is 2.77. The summed E-state index contributed by atoms with van der Waals surface area (Å²) >= 11 is 1.48. The number of hydrogen-bond acceptors (Lipinski definition) is 4. The minimum atomic E-state index is -1.04. The SMILES string of the molecule is CC(C)(C)c1nc(C(O)c2ccncc2F)cs1. The van der Waals surface area contributed by atoms with Crippen molar-refractivity contribution in [3.8, 4) is 0 Å². The van der Waals surface area contributed by atoms with Crippen molar-refractivity contribution in [2.75, 3.05) is 0 Å². The Bertz CT molecular complexity index is 548. The fraction of sp³-hybridized carbons (Fsp3) is 0.385. The highest BCUT2D eigenvalue weighted by molar-refractivity contribution is 7.09. The van der Waals surface area contributed by atoms with Crippen LogP contribution in [0.3, 0.4) is 0 Å². The molecule has 0 saturated heterocycles. The molecule has 18 heavy (non-hydrogen) atoms. The lowest BCUT2D eigenvalue weighted by atomic mass is 9.98. The van der Waals surface area contributed by atoms with E-state index in [0.717, 1.165) is 11.2 Å². The van der Waals surface area contributed by atoms with E-state index in [1.807, 2.05) is 0 Å². The first-order valence-electron chi connectivity index (χ1n) is 5.63. The van der Waals surface area contributed by atoms with Gasteiger partial charge in [-0.2, -0.15) is 0 Å². The summed E-state index contributed by atoms with van der Waals surface area (Å²) in [4.78, 5) is 8.04. The predicted molar refractivity (Wildman–Crippen MR) is 69.1 cm³/mol. The van der Waals surface area contributed by atoms with Crippen LogP contribution in [-0.2, 0) is 5.41 Å². The third kappa shape index (κ3) is 2.57. The molecule has 5 heteroatoms. The second-order valence-electron chi connectivity index (χ2n) is 5.13. The van der Waals surface area contributed by atoms with Crippen LogP contribution in [0.4, 0.5) is 4.39 Å². The van der Waals surface area contributed by atoms with Crippen LogP contribution < -0.4 is 0 Å². The van der Waals surface area contributed by atoms with Gasteiger partial charge in [-0.25, -0.2) is 9.37 Å². The fourth-order valence-corrected chi connectivity index (χ4v) is 2.45. The van der Waals surface area contributed by atoms with Crippen LogP contribution in [0.15, 0.2) is 23.8 Å². The Balaban J connectivity index is 2.33. The molecule has 0 bridgehead atoms. The first kappa shape index (κ1) is 13.1. The van der Waals surface area contributed by atoms with Crippen molar-refractivity contribution >= 4 is 11.3 Å². The number of thiazole rings is 1. The van der Waals surface area contributed by atoms with Crippen LogP contribution in [0.1, 0.15) is 43.1 Å². The summed E-state index contributed by atoms with van der Waals surface area (Å²) in [7, 11) is 0. The summed E-state index contributed by atoms with van der Waals surface area (Å²) in [5.74, 6) is -0.518. The molecule has 0 aromatic carbocycles. The van der Waals surface area contributed by atoms with Gasteiger partial charge in [0.15, 0.2) is 0 Å². The van der Waals surface area contributed by atoms with E-state index in [9.17, 15) is 9.50 Å². The number of rotatable bonds is 2. The molecule has 0 aliphatic carbocycles. The summed E-state index contributed by atoms with van der Waals surface area (Å²) in [6.45, 7) is 6.15. The third-order valence-corrected chi connectivity index (χ3v) is 3.83. The quantitative estimate of drug-likeness (QED) is 0.908. The predicted octanol–water partition coefficient (Wildman–Crippen LogP) is 3.06. The van der Waals surface area contributed by atoms with Crippen LogP contribution >= 0.6 is 11.3 Å². The normalized spacial score (nSPS) is 13.6. The summed E-state index contributed by atoms with van der Waals surface area (Å²) in [5, 5.41) is 12.8. The number of aromatic nitrogens is 2. The molecule has 0 aliphatic heterocycles. The second kappa shape index (κ2) is 4.74. The number of hydrogen-bond donors (Lipinski definition) is 1. The maximum absolute atomic E-state index is 13.5. The van der Waals surface area contributed by atoms with Crippen molar-refractivity contribution in [3.63, 3.8) is 0 Å². The number of aliphatic hydroxyl groups is 1. The maximum Gasteiger partial charge on any atom is 0.147 e. The zero-order chi connectivity index (χ0) is 13.3. The molecule has 0 amide bonds. The summed E-state index contributed by atoms with van der Waals surface area (Å²) in [6, 6.07) is 1.47. The third-order valence-electron chi connectivity index (χ3n) is 2.54. The van der Waals surface area contributed by atoms with Gasteiger partial charge in [0, 0.05) is 22.6 Å². The molecular weight excluding hydrogens is 251 g/mol. The highest BCUT2D eigenvalue weighted by atomic mass is 32.1. The number of nitrogens with zero attached hydrogens (tertiary/aromatic N) is 2. The van der Waals surface area contributed by atoms with Gasteiger partial charge >= 0.3 is 0 Å². The largest absolute Gasteiger partial charge is 0.382 e. The van der Waals surface area contributed by atoms with Crippen LogP contribution in [0.2, 0.25) is 0 Å². The Kier molecular flexibility index (Phi) is 3.45. The van der Waals surface area contributed by atoms with Gasteiger partial charge in [-0.15, -0.1) is 11.3 Å². The molecule has 96 valence electrons. The summed E-state index contributed by atoms with van der Waals surface area (Å²) in [6.07, 6.45) is 1.51. The second-order valence-corrected chi connectivity index (χ2v) is 5.99. The fourth-order valence-electron chi connectivity index (χ4n) is 1.52. The highest BCUT2D eigenvalue weighted by Gasteiger charge is 2.22. The lowest BCUT2D eigenvalue weighted by Crippen LogP contribution is -2.11. The molecule has 2 aromatic rings. The van der Waals surface area contributed by atoms with Gasteiger partial charge in [-0.1, -0.05) is 20.8 Å². The minimum Gasteiger partial charge on any atom is -0.382 e.